The van der Waals surface area contributed by atoms with Crippen LogP contribution in [0.1, 0.15) is 5.82 Å². The van der Waals surface area contributed by atoms with E-state index in [1.165, 1.54) is 10.7 Å². The highest BCUT2D eigenvalue weighted by molar-refractivity contribution is 9.10. The second kappa shape index (κ2) is 6.69. The number of nitrogens with zero attached hydrogens (tertiary/aromatic N) is 4. The SMILES string of the molecule is COCCNCc1nnnn1-c1c(F)cccc1Br. The third-order valence-electron chi connectivity index (χ3n) is 2.45. The van der Waals surface area contributed by atoms with Gasteiger partial charge in [-0.25, -0.2) is 4.39 Å². The molecule has 0 radical (unpaired) electrons. The van der Waals surface area contributed by atoms with Gasteiger partial charge in [-0.3, -0.25) is 0 Å². The molecule has 0 atom stereocenters. The molecule has 0 aliphatic heterocycles. The van der Waals surface area contributed by atoms with E-state index in [0.29, 0.717) is 35.7 Å². The zero-order valence-electron chi connectivity index (χ0n) is 10.3. The number of hydrogen-bond acceptors (Lipinski definition) is 5. The maximum atomic E-state index is 13.8. The minimum Gasteiger partial charge on any atom is -0.383 e. The predicted molar refractivity (Wildman–Crippen MR) is 70.4 cm³/mol. The molecule has 1 heterocycles. The van der Waals surface area contributed by atoms with Crippen molar-refractivity contribution in [3.8, 4) is 5.69 Å². The van der Waals surface area contributed by atoms with Crippen molar-refractivity contribution in [2.45, 2.75) is 6.54 Å². The van der Waals surface area contributed by atoms with Gasteiger partial charge in [0, 0.05) is 18.1 Å². The maximum Gasteiger partial charge on any atom is 0.170 e. The molecule has 0 aliphatic rings. The van der Waals surface area contributed by atoms with E-state index >= 15 is 0 Å². The first-order chi connectivity index (χ1) is 9.24. The fourth-order valence-corrected chi connectivity index (χ4v) is 2.07. The normalized spacial score (nSPS) is 10.9. The van der Waals surface area contributed by atoms with Crippen LogP contribution in [0.4, 0.5) is 4.39 Å². The lowest BCUT2D eigenvalue weighted by atomic mass is 10.3. The van der Waals surface area contributed by atoms with Gasteiger partial charge in [0.1, 0.15) is 11.5 Å². The third kappa shape index (κ3) is 3.34. The molecule has 0 bridgehead atoms. The number of nitrogens with one attached hydrogen (secondary N) is 1. The van der Waals surface area contributed by atoms with Gasteiger partial charge in [-0.1, -0.05) is 6.07 Å². The summed E-state index contributed by atoms with van der Waals surface area (Å²) >= 11 is 3.30. The number of aromatic nitrogens is 4. The number of hydrogen-bond donors (Lipinski definition) is 1. The summed E-state index contributed by atoms with van der Waals surface area (Å²) < 4.78 is 20.7. The van der Waals surface area contributed by atoms with Gasteiger partial charge in [0.05, 0.1) is 13.2 Å². The molecular formula is C11H13BrFN5O. The zero-order valence-corrected chi connectivity index (χ0v) is 11.9. The van der Waals surface area contributed by atoms with Gasteiger partial charge < -0.3 is 10.1 Å². The van der Waals surface area contributed by atoms with Crippen LogP contribution in [0.3, 0.4) is 0 Å². The summed E-state index contributed by atoms with van der Waals surface area (Å²) in [5, 5.41) is 14.4. The van der Waals surface area contributed by atoms with Crippen LogP contribution < -0.4 is 5.32 Å². The van der Waals surface area contributed by atoms with Crippen molar-refractivity contribution in [1.29, 1.82) is 0 Å². The molecular weight excluding hydrogens is 317 g/mol. The summed E-state index contributed by atoms with van der Waals surface area (Å²) in [7, 11) is 1.63. The highest BCUT2D eigenvalue weighted by Crippen LogP contribution is 2.23. The zero-order chi connectivity index (χ0) is 13.7. The fraction of sp³-hybridized carbons (Fsp3) is 0.364. The first kappa shape index (κ1) is 14.0. The molecule has 1 N–H and O–H groups in total. The molecule has 0 amide bonds. The van der Waals surface area contributed by atoms with Crippen molar-refractivity contribution in [3.63, 3.8) is 0 Å². The van der Waals surface area contributed by atoms with E-state index in [-0.39, 0.29) is 5.82 Å². The average Bonchev–Trinajstić information content (AvgIpc) is 2.83. The highest BCUT2D eigenvalue weighted by atomic mass is 79.9. The van der Waals surface area contributed by atoms with Crippen LogP contribution in [-0.2, 0) is 11.3 Å². The molecule has 1 aromatic heterocycles. The Bertz CT molecular complexity index is 527. The van der Waals surface area contributed by atoms with Crippen molar-refractivity contribution in [2.75, 3.05) is 20.3 Å². The van der Waals surface area contributed by atoms with Crippen LogP contribution in [0.15, 0.2) is 22.7 Å². The van der Waals surface area contributed by atoms with Gasteiger partial charge in [0.15, 0.2) is 5.82 Å². The second-order valence-corrected chi connectivity index (χ2v) is 4.60. The summed E-state index contributed by atoms with van der Waals surface area (Å²) in [5.74, 6) is 0.140. The van der Waals surface area contributed by atoms with Gasteiger partial charge in [-0.2, -0.15) is 4.68 Å². The molecule has 0 unspecified atom stereocenters. The number of benzene rings is 1. The molecule has 6 nitrogen and oxygen atoms in total. The Morgan fingerprint density at radius 3 is 3.05 bits per heavy atom. The summed E-state index contributed by atoms with van der Waals surface area (Å²) in [6.45, 7) is 1.68. The van der Waals surface area contributed by atoms with Gasteiger partial charge in [-0.05, 0) is 38.5 Å². The number of rotatable bonds is 6. The number of para-hydroxylation sites is 1. The lowest BCUT2D eigenvalue weighted by Gasteiger charge is -2.08. The van der Waals surface area contributed by atoms with Crippen molar-refractivity contribution in [2.24, 2.45) is 0 Å². The molecule has 19 heavy (non-hydrogen) atoms. The number of ether oxygens (including phenoxy) is 1. The van der Waals surface area contributed by atoms with Crippen LogP contribution in [0.5, 0.6) is 0 Å². The standard InChI is InChI=1S/C11H13BrFN5O/c1-19-6-5-14-7-10-15-16-17-18(10)11-8(12)3-2-4-9(11)13/h2-4,14H,5-7H2,1H3. The lowest BCUT2D eigenvalue weighted by molar-refractivity contribution is 0.199. The monoisotopic (exact) mass is 329 g/mol. The van der Waals surface area contributed by atoms with Crippen molar-refractivity contribution in [1.82, 2.24) is 25.5 Å². The Hall–Kier alpha value is -1.38. The molecule has 0 saturated carbocycles. The fourth-order valence-electron chi connectivity index (χ4n) is 1.56. The molecule has 102 valence electrons. The van der Waals surface area contributed by atoms with Gasteiger partial charge in [0.25, 0.3) is 0 Å². The summed E-state index contributed by atoms with van der Waals surface area (Å²) in [5.41, 5.74) is 0.302. The Kier molecular flexibility index (Phi) is 4.94. The van der Waals surface area contributed by atoms with Crippen molar-refractivity contribution in [3.05, 3.63) is 34.3 Å². The van der Waals surface area contributed by atoms with E-state index in [0.717, 1.165) is 0 Å². The average molecular weight is 330 g/mol. The van der Waals surface area contributed by atoms with E-state index in [2.05, 4.69) is 36.8 Å². The Labute approximate surface area is 118 Å². The van der Waals surface area contributed by atoms with Gasteiger partial charge in [0.2, 0.25) is 0 Å². The molecule has 1 aromatic carbocycles. The second-order valence-electron chi connectivity index (χ2n) is 3.75. The summed E-state index contributed by atoms with van der Waals surface area (Å²) in [4.78, 5) is 0. The number of methoxy groups -OCH3 is 1. The van der Waals surface area contributed by atoms with Crippen molar-refractivity contribution < 1.29 is 9.13 Å². The topological polar surface area (TPSA) is 64.9 Å². The van der Waals surface area contributed by atoms with E-state index in [1.807, 2.05) is 0 Å². The van der Waals surface area contributed by atoms with Gasteiger partial charge in [-0.15, -0.1) is 5.10 Å². The highest BCUT2D eigenvalue weighted by Gasteiger charge is 2.14. The van der Waals surface area contributed by atoms with Crippen LogP contribution >= 0.6 is 15.9 Å². The van der Waals surface area contributed by atoms with Crippen LogP contribution in [-0.4, -0.2) is 40.5 Å². The number of tetrazole rings is 1. The van der Waals surface area contributed by atoms with Crippen LogP contribution in [0.25, 0.3) is 5.69 Å². The molecule has 2 rings (SSSR count). The quantitative estimate of drug-likeness (QED) is 0.809. The first-order valence-electron chi connectivity index (χ1n) is 5.65. The molecule has 0 fully saturated rings. The smallest absolute Gasteiger partial charge is 0.170 e. The summed E-state index contributed by atoms with van der Waals surface area (Å²) in [6.07, 6.45) is 0. The third-order valence-corrected chi connectivity index (χ3v) is 3.09. The van der Waals surface area contributed by atoms with Crippen LogP contribution in [0.2, 0.25) is 0 Å². The van der Waals surface area contributed by atoms with E-state index in [4.69, 9.17) is 4.74 Å². The van der Waals surface area contributed by atoms with E-state index in [9.17, 15) is 4.39 Å². The van der Waals surface area contributed by atoms with E-state index in [1.54, 1.807) is 19.2 Å². The minimum absolute atomic E-state index is 0.302. The van der Waals surface area contributed by atoms with E-state index < -0.39 is 0 Å². The van der Waals surface area contributed by atoms with Gasteiger partial charge >= 0.3 is 0 Å². The Morgan fingerprint density at radius 2 is 2.32 bits per heavy atom. The van der Waals surface area contributed by atoms with Crippen LogP contribution in [0, 0.1) is 5.82 Å². The lowest BCUT2D eigenvalue weighted by Crippen LogP contribution is -2.21. The molecule has 0 saturated heterocycles. The molecule has 0 aliphatic carbocycles. The Balaban J connectivity index is 2.19. The molecule has 2 aromatic rings. The minimum atomic E-state index is -0.389. The first-order valence-corrected chi connectivity index (χ1v) is 6.44. The summed E-state index contributed by atoms with van der Waals surface area (Å²) in [6, 6.07) is 4.72. The Morgan fingerprint density at radius 1 is 1.47 bits per heavy atom. The molecule has 8 heteroatoms. The predicted octanol–water partition coefficient (Wildman–Crippen LogP) is 1.30. The van der Waals surface area contributed by atoms with Crippen molar-refractivity contribution >= 4 is 15.9 Å². The largest absolute Gasteiger partial charge is 0.383 e. The maximum absolute atomic E-state index is 13.8. The number of halogens is 2. The molecule has 0 spiro atoms.